The van der Waals surface area contributed by atoms with Gasteiger partial charge in [-0.25, -0.2) is 4.79 Å². The maximum absolute atomic E-state index is 11.8. The highest BCUT2D eigenvalue weighted by Gasteiger charge is 2.31. The Morgan fingerprint density at radius 1 is 1.29 bits per heavy atom. The molecular formula is C17H25NO3. The molecule has 21 heavy (non-hydrogen) atoms. The molecule has 0 atom stereocenters. The average Bonchev–Trinajstić information content (AvgIpc) is 2.49. The Morgan fingerprint density at radius 2 is 1.95 bits per heavy atom. The largest absolute Gasteiger partial charge is 0.445 e. The highest BCUT2D eigenvalue weighted by Crippen LogP contribution is 2.35. The number of carbonyl (C=O) groups excluding carboxylic acids is 1. The van der Waals surface area contributed by atoms with Crippen LogP contribution in [-0.2, 0) is 16.1 Å². The summed E-state index contributed by atoms with van der Waals surface area (Å²) in [5.41, 5.74) is 1.25. The maximum atomic E-state index is 11.8. The minimum Gasteiger partial charge on any atom is -0.445 e. The van der Waals surface area contributed by atoms with E-state index in [0.29, 0.717) is 6.61 Å². The van der Waals surface area contributed by atoms with Gasteiger partial charge in [0.1, 0.15) is 6.61 Å². The zero-order chi connectivity index (χ0) is 15.1. The lowest BCUT2D eigenvalue weighted by atomic mass is 9.74. The monoisotopic (exact) mass is 291 g/mol. The van der Waals surface area contributed by atoms with Crippen LogP contribution in [0.4, 0.5) is 4.79 Å². The number of alkyl carbamates (subject to hydrolysis) is 1. The van der Waals surface area contributed by atoms with E-state index in [4.69, 9.17) is 9.47 Å². The molecule has 0 aromatic heterocycles. The second kappa shape index (κ2) is 7.46. The first-order chi connectivity index (χ1) is 10.1. The van der Waals surface area contributed by atoms with Gasteiger partial charge in [-0.1, -0.05) is 37.3 Å². The van der Waals surface area contributed by atoms with Crippen LogP contribution in [0.25, 0.3) is 0 Å². The molecule has 0 aliphatic heterocycles. The van der Waals surface area contributed by atoms with Gasteiger partial charge in [0.05, 0.1) is 6.61 Å². The van der Waals surface area contributed by atoms with Crippen LogP contribution >= 0.6 is 0 Å². The number of ether oxygens (including phenoxy) is 2. The standard InChI is InChI=1S/C17H25NO3/c1-17(13-20-2)10-8-15(9-11-17)18-16(19)21-12-14-6-4-3-5-7-14/h3-7,15H,8-13H2,1-2H3,(H,18,19)/t15-,17-. The Labute approximate surface area is 126 Å². The van der Waals surface area contributed by atoms with Crippen molar-refractivity contribution in [2.24, 2.45) is 5.41 Å². The van der Waals surface area contributed by atoms with Crippen LogP contribution in [-0.4, -0.2) is 25.9 Å². The first-order valence-electron chi connectivity index (χ1n) is 7.57. The number of hydrogen-bond donors (Lipinski definition) is 1. The van der Waals surface area contributed by atoms with Crippen LogP contribution in [0.2, 0.25) is 0 Å². The third-order valence-electron chi connectivity index (χ3n) is 4.22. The summed E-state index contributed by atoms with van der Waals surface area (Å²) in [6.45, 7) is 3.36. The van der Waals surface area contributed by atoms with Crippen molar-refractivity contribution in [1.82, 2.24) is 5.32 Å². The number of carbonyl (C=O) groups is 1. The van der Waals surface area contributed by atoms with Crippen molar-refractivity contribution in [3.63, 3.8) is 0 Å². The molecule has 1 aromatic carbocycles. The van der Waals surface area contributed by atoms with Gasteiger partial charge in [-0.05, 0) is 36.7 Å². The lowest BCUT2D eigenvalue weighted by Gasteiger charge is -2.36. The summed E-state index contributed by atoms with van der Waals surface area (Å²) >= 11 is 0. The number of amides is 1. The van der Waals surface area contributed by atoms with E-state index < -0.39 is 0 Å². The molecular weight excluding hydrogens is 266 g/mol. The average molecular weight is 291 g/mol. The number of benzene rings is 1. The zero-order valence-electron chi connectivity index (χ0n) is 12.9. The Kier molecular flexibility index (Phi) is 5.62. The smallest absolute Gasteiger partial charge is 0.407 e. The molecule has 0 spiro atoms. The van der Waals surface area contributed by atoms with E-state index in [1.807, 2.05) is 30.3 Å². The molecule has 2 rings (SSSR count). The molecule has 1 N–H and O–H groups in total. The minimum atomic E-state index is -0.320. The summed E-state index contributed by atoms with van der Waals surface area (Å²) in [6.07, 6.45) is 3.80. The van der Waals surface area contributed by atoms with E-state index in [-0.39, 0.29) is 17.6 Å². The van der Waals surface area contributed by atoms with Crippen LogP contribution in [0, 0.1) is 5.41 Å². The first-order valence-corrected chi connectivity index (χ1v) is 7.57. The van der Waals surface area contributed by atoms with Crippen LogP contribution < -0.4 is 5.32 Å². The van der Waals surface area contributed by atoms with Gasteiger partial charge in [-0.15, -0.1) is 0 Å². The lowest BCUT2D eigenvalue weighted by molar-refractivity contribution is 0.0535. The Bertz CT molecular complexity index is 439. The van der Waals surface area contributed by atoms with Crippen molar-refractivity contribution in [2.75, 3.05) is 13.7 Å². The zero-order valence-corrected chi connectivity index (χ0v) is 12.9. The van der Waals surface area contributed by atoms with Gasteiger partial charge in [0.25, 0.3) is 0 Å². The molecule has 1 aliphatic rings. The highest BCUT2D eigenvalue weighted by molar-refractivity contribution is 5.67. The molecule has 1 amide bonds. The minimum absolute atomic E-state index is 0.221. The van der Waals surface area contributed by atoms with E-state index in [9.17, 15) is 4.79 Å². The summed E-state index contributed by atoms with van der Waals surface area (Å²) in [5, 5.41) is 2.97. The molecule has 0 saturated heterocycles. The van der Waals surface area contributed by atoms with Gasteiger partial charge in [-0.3, -0.25) is 0 Å². The second-order valence-corrected chi connectivity index (χ2v) is 6.22. The normalized spacial score (nSPS) is 25.3. The van der Waals surface area contributed by atoms with E-state index >= 15 is 0 Å². The maximum Gasteiger partial charge on any atom is 0.407 e. The van der Waals surface area contributed by atoms with E-state index in [2.05, 4.69) is 12.2 Å². The molecule has 1 aliphatic carbocycles. The molecule has 1 saturated carbocycles. The molecule has 0 unspecified atom stereocenters. The van der Waals surface area contributed by atoms with Gasteiger partial charge in [0.15, 0.2) is 0 Å². The van der Waals surface area contributed by atoms with Crippen molar-refractivity contribution in [1.29, 1.82) is 0 Å². The van der Waals surface area contributed by atoms with Gasteiger partial charge in [0, 0.05) is 13.2 Å². The Balaban J connectivity index is 1.70. The second-order valence-electron chi connectivity index (χ2n) is 6.22. The molecule has 1 aromatic rings. The van der Waals surface area contributed by atoms with Crippen LogP contribution in [0.5, 0.6) is 0 Å². The molecule has 0 bridgehead atoms. The third kappa shape index (κ3) is 5.05. The number of methoxy groups -OCH3 is 1. The quantitative estimate of drug-likeness (QED) is 0.903. The summed E-state index contributed by atoms with van der Waals surface area (Å²) in [4.78, 5) is 11.8. The number of nitrogens with one attached hydrogen (secondary N) is 1. The lowest BCUT2D eigenvalue weighted by Crippen LogP contribution is -2.41. The molecule has 4 nitrogen and oxygen atoms in total. The van der Waals surface area contributed by atoms with Crippen molar-refractivity contribution >= 4 is 6.09 Å². The van der Waals surface area contributed by atoms with Crippen LogP contribution in [0.1, 0.15) is 38.2 Å². The van der Waals surface area contributed by atoms with E-state index in [1.165, 1.54) is 0 Å². The number of rotatable bonds is 5. The van der Waals surface area contributed by atoms with Gasteiger partial charge in [0.2, 0.25) is 0 Å². The fourth-order valence-electron chi connectivity index (χ4n) is 2.88. The van der Waals surface area contributed by atoms with Crippen molar-refractivity contribution in [3.8, 4) is 0 Å². The predicted octanol–water partition coefficient (Wildman–Crippen LogP) is 3.51. The highest BCUT2D eigenvalue weighted by atomic mass is 16.5. The molecule has 4 heteroatoms. The molecule has 0 radical (unpaired) electrons. The van der Waals surface area contributed by atoms with Crippen molar-refractivity contribution in [2.45, 2.75) is 45.3 Å². The van der Waals surface area contributed by atoms with Crippen LogP contribution in [0.15, 0.2) is 30.3 Å². The molecule has 0 heterocycles. The van der Waals surface area contributed by atoms with Crippen LogP contribution in [0.3, 0.4) is 0 Å². The number of hydrogen-bond acceptors (Lipinski definition) is 3. The van der Waals surface area contributed by atoms with E-state index in [1.54, 1.807) is 7.11 Å². The summed E-state index contributed by atoms with van der Waals surface area (Å²) in [7, 11) is 1.75. The van der Waals surface area contributed by atoms with Gasteiger partial charge >= 0.3 is 6.09 Å². The molecule has 116 valence electrons. The van der Waals surface area contributed by atoms with Crippen molar-refractivity contribution < 1.29 is 14.3 Å². The third-order valence-corrected chi connectivity index (χ3v) is 4.22. The van der Waals surface area contributed by atoms with Gasteiger partial charge < -0.3 is 14.8 Å². The predicted molar refractivity (Wildman–Crippen MR) is 82.0 cm³/mol. The summed E-state index contributed by atoms with van der Waals surface area (Å²) < 4.78 is 10.5. The van der Waals surface area contributed by atoms with E-state index in [0.717, 1.165) is 37.9 Å². The summed E-state index contributed by atoms with van der Waals surface area (Å²) in [6, 6.07) is 9.94. The molecule has 1 fully saturated rings. The first kappa shape index (κ1) is 15.8. The summed E-state index contributed by atoms with van der Waals surface area (Å²) in [5.74, 6) is 0. The Hall–Kier alpha value is -1.55. The Morgan fingerprint density at radius 3 is 2.57 bits per heavy atom. The van der Waals surface area contributed by atoms with Crippen molar-refractivity contribution in [3.05, 3.63) is 35.9 Å². The fraction of sp³-hybridized carbons (Fsp3) is 0.588. The topological polar surface area (TPSA) is 47.6 Å². The fourth-order valence-corrected chi connectivity index (χ4v) is 2.88. The SMILES string of the molecule is COC[C@]1(C)CC[C@@H](NC(=O)OCc2ccccc2)CC1. The van der Waals surface area contributed by atoms with Gasteiger partial charge in [-0.2, -0.15) is 0 Å².